The first-order valence-corrected chi connectivity index (χ1v) is 16.0. The molecule has 1 atom stereocenters. The lowest BCUT2D eigenvalue weighted by atomic mass is 10.0. The number of carbonyl (C=O) groups is 2. The van der Waals surface area contributed by atoms with Gasteiger partial charge in [0.15, 0.2) is 0 Å². The van der Waals surface area contributed by atoms with E-state index in [1.54, 1.807) is 18.2 Å². The number of hydrogen-bond donors (Lipinski definition) is 1. The summed E-state index contributed by atoms with van der Waals surface area (Å²) in [7, 11) is -4.24. The summed E-state index contributed by atoms with van der Waals surface area (Å²) >= 11 is 12.3. The van der Waals surface area contributed by atoms with Crippen LogP contribution in [-0.4, -0.2) is 44.3 Å². The van der Waals surface area contributed by atoms with E-state index in [0.717, 1.165) is 21.0 Å². The molecule has 0 radical (unpaired) electrons. The Labute approximate surface area is 263 Å². The molecule has 0 heterocycles. The summed E-state index contributed by atoms with van der Waals surface area (Å²) in [5.41, 5.74) is 2.92. The van der Waals surface area contributed by atoms with E-state index >= 15 is 0 Å². The molecule has 0 aliphatic carbocycles. The van der Waals surface area contributed by atoms with Crippen molar-refractivity contribution < 1.29 is 18.0 Å². The number of hydrogen-bond acceptors (Lipinski definition) is 4. The molecular formula is C33H33Cl2N3O4S. The van der Waals surface area contributed by atoms with Gasteiger partial charge in [-0.25, -0.2) is 8.42 Å². The van der Waals surface area contributed by atoms with Crippen molar-refractivity contribution >= 4 is 50.7 Å². The standard InChI is InChI=1S/C33H33Cl2N3O4S/c1-3-36-33(40)31(20-25-8-5-4-6-9-25)37(22-26-14-12-24(2)13-15-26)32(39)23-38(29-11-7-10-28(35)21-29)43(41,42)30-18-16-27(34)17-19-30/h4-19,21,31H,3,20,22-23H2,1-2H3,(H,36,40). The maximum absolute atomic E-state index is 14.3. The molecule has 4 aromatic rings. The topological polar surface area (TPSA) is 86.8 Å². The fourth-order valence-corrected chi connectivity index (χ4v) is 6.35. The van der Waals surface area contributed by atoms with Gasteiger partial charge in [0.25, 0.3) is 10.0 Å². The molecule has 1 unspecified atom stereocenters. The summed E-state index contributed by atoms with van der Waals surface area (Å²) in [5, 5.41) is 3.54. The largest absolute Gasteiger partial charge is 0.355 e. The van der Waals surface area contributed by atoms with Crippen molar-refractivity contribution in [1.82, 2.24) is 10.2 Å². The number of sulfonamides is 1. The Bertz CT molecular complexity index is 1650. The molecule has 0 saturated carbocycles. The van der Waals surface area contributed by atoms with Crippen molar-refractivity contribution in [2.75, 3.05) is 17.4 Å². The number of aryl methyl sites for hydroxylation is 1. The number of likely N-dealkylation sites (N-methyl/N-ethyl adjacent to an activating group) is 1. The molecule has 4 aromatic carbocycles. The number of rotatable bonds is 12. The van der Waals surface area contributed by atoms with E-state index in [2.05, 4.69) is 5.32 Å². The highest BCUT2D eigenvalue weighted by atomic mass is 35.5. The van der Waals surface area contributed by atoms with Gasteiger partial charge in [-0.15, -0.1) is 0 Å². The van der Waals surface area contributed by atoms with Crippen LogP contribution in [0.2, 0.25) is 10.0 Å². The SMILES string of the molecule is CCNC(=O)C(Cc1ccccc1)N(Cc1ccc(C)cc1)C(=O)CN(c1cccc(Cl)c1)S(=O)(=O)c1ccc(Cl)cc1. The molecule has 7 nitrogen and oxygen atoms in total. The van der Waals surface area contributed by atoms with Gasteiger partial charge in [0.2, 0.25) is 11.8 Å². The molecule has 10 heteroatoms. The number of nitrogens with zero attached hydrogens (tertiary/aromatic N) is 2. The van der Waals surface area contributed by atoms with E-state index in [-0.39, 0.29) is 29.5 Å². The van der Waals surface area contributed by atoms with Crippen molar-refractivity contribution in [3.05, 3.63) is 130 Å². The number of nitrogens with one attached hydrogen (secondary N) is 1. The lowest BCUT2D eigenvalue weighted by Crippen LogP contribution is -2.53. The molecule has 2 amide bonds. The second-order valence-corrected chi connectivity index (χ2v) is 12.8. The number of anilines is 1. The molecule has 0 aliphatic rings. The molecule has 0 aromatic heterocycles. The Morgan fingerprint density at radius 3 is 2.12 bits per heavy atom. The first-order chi connectivity index (χ1) is 20.6. The van der Waals surface area contributed by atoms with Crippen LogP contribution in [0.15, 0.2) is 108 Å². The van der Waals surface area contributed by atoms with Gasteiger partial charge in [-0.1, -0.05) is 89.4 Å². The fourth-order valence-electron chi connectivity index (χ4n) is 4.63. The third-order valence-corrected chi connectivity index (χ3v) is 9.15. The van der Waals surface area contributed by atoms with Gasteiger partial charge in [0, 0.05) is 29.6 Å². The maximum atomic E-state index is 14.3. The van der Waals surface area contributed by atoms with Crippen molar-refractivity contribution in [2.24, 2.45) is 0 Å². The second kappa shape index (κ2) is 14.6. The second-order valence-electron chi connectivity index (χ2n) is 10.1. The van der Waals surface area contributed by atoms with Crippen LogP contribution >= 0.6 is 23.2 Å². The molecule has 0 saturated heterocycles. The number of amides is 2. The van der Waals surface area contributed by atoms with E-state index in [4.69, 9.17) is 23.2 Å². The van der Waals surface area contributed by atoms with Gasteiger partial charge >= 0.3 is 0 Å². The van der Waals surface area contributed by atoms with E-state index < -0.39 is 28.5 Å². The summed E-state index contributed by atoms with van der Waals surface area (Å²) in [6.07, 6.45) is 0.241. The summed E-state index contributed by atoms with van der Waals surface area (Å²) < 4.78 is 29.0. The predicted octanol–water partition coefficient (Wildman–Crippen LogP) is 6.27. The van der Waals surface area contributed by atoms with Crippen LogP contribution in [0.4, 0.5) is 5.69 Å². The minimum absolute atomic E-state index is 0.0423. The average Bonchev–Trinajstić information content (AvgIpc) is 2.99. The Hall–Kier alpha value is -3.85. The van der Waals surface area contributed by atoms with Gasteiger partial charge in [0.1, 0.15) is 12.6 Å². The quantitative estimate of drug-likeness (QED) is 0.198. The van der Waals surface area contributed by atoms with Crippen LogP contribution < -0.4 is 9.62 Å². The Morgan fingerprint density at radius 1 is 0.814 bits per heavy atom. The number of benzene rings is 4. The summed E-state index contributed by atoms with van der Waals surface area (Å²) in [6, 6.07) is 28.2. The van der Waals surface area contributed by atoms with Crippen molar-refractivity contribution in [3.8, 4) is 0 Å². The molecule has 0 spiro atoms. The smallest absolute Gasteiger partial charge is 0.264 e. The predicted molar refractivity (Wildman–Crippen MR) is 172 cm³/mol. The Balaban J connectivity index is 1.79. The van der Waals surface area contributed by atoms with Gasteiger partial charge in [-0.3, -0.25) is 13.9 Å². The zero-order chi connectivity index (χ0) is 31.0. The normalized spacial score (nSPS) is 11.9. The summed E-state index contributed by atoms with van der Waals surface area (Å²) in [6.45, 7) is 3.67. The minimum Gasteiger partial charge on any atom is -0.355 e. The number of halogens is 2. The molecule has 0 fully saturated rings. The zero-order valence-electron chi connectivity index (χ0n) is 23.9. The van der Waals surface area contributed by atoms with Gasteiger partial charge in [-0.2, -0.15) is 0 Å². The molecule has 4 rings (SSSR count). The highest BCUT2D eigenvalue weighted by molar-refractivity contribution is 7.92. The number of carbonyl (C=O) groups excluding carboxylic acids is 2. The molecule has 43 heavy (non-hydrogen) atoms. The van der Waals surface area contributed by atoms with Gasteiger partial charge < -0.3 is 10.2 Å². The zero-order valence-corrected chi connectivity index (χ0v) is 26.2. The molecule has 1 N–H and O–H groups in total. The van der Waals surface area contributed by atoms with Crippen LogP contribution in [0.25, 0.3) is 0 Å². The molecular weight excluding hydrogens is 605 g/mol. The van der Waals surface area contributed by atoms with Crippen LogP contribution in [0.5, 0.6) is 0 Å². The first-order valence-electron chi connectivity index (χ1n) is 13.8. The first kappa shape index (κ1) is 32.1. The van der Waals surface area contributed by atoms with E-state index in [9.17, 15) is 18.0 Å². The van der Waals surface area contributed by atoms with Crippen molar-refractivity contribution in [2.45, 2.75) is 37.8 Å². The van der Waals surface area contributed by atoms with Crippen molar-refractivity contribution in [1.29, 1.82) is 0 Å². The summed E-state index contributed by atoms with van der Waals surface area (Å²) in [5.74, 6) is -0.882. The third kappa shape index (κ3) is 8.38. The van der Waals surface area contributed by atoms with E-state index in [1.807, 2.05) is 68.4 Å². The average molecular weight is 639 g/mol. The Morgan fingerprint density at radius 2 is 1.49 bits per heavy atom. The Kier molecular flexibility index (Phi) is 10.9. The summed E-state index contributed by atoms with van der Waals surface area (Å²) in [4.78, 5) is 29.3. The van der Waals surface area contributed by atoms with E-state index in [0.29, 0.717) is 16.6 Å². The van der Waals surface area contributed by atoms with E-state index in [1.165, 1.54) is 35.2 Å². The van der Waals surface area contributed by atoms with Crippen LogP contribution in [-0.2, 0) is 32.6 Å². The minimum atomic E-state index is -4.24. The lowest BCUT2D eigenvalue weighted by molar-refractivity contribution is -0.140. The highest BCUT2D eigenvalue weighted by Crippen LogP contribution is 2.28. The molecule has 0 bridgehead atoms. The van der Waals surface area contributed by atoms with Gasteiger partial charge in [-0.05, 0) is 67.4 Å². The molecule has 224 valence electrons. The monoisotopic (exact) mass is 637 g/mol. The fraction of sp³-hybridized carbons (Fsp3) is 0.212. The van der Waals surface area contributed by atoms with Gasteiger partial charge in [0.05, 0.1) is 10.6 Å². The van der Waals surface area contributed by atoms with Crippen molar-refractivity contribution in [3.63, 3.8) is 0 Å². The third-order valence-electron chi connectivity index (χ3n) is 6.87. The molecule has 0 aliphatic heterocycles. The van der Waals surface area contributed by atoms with Crippen LogP contribution in [0, 0.1) is 6.92 Å². The van der Waals surface area contributed by atoms with Crippen LogP contribution in [0.1, 0.15) is 23.6 Å². The lowest BCUT2D eigenvalue weighted by Gasteiger charge is -2.34. The maximum Gasteiger partial charge on any atom is 0.264 e. The highest BCUT2D eigenvalue weighted by Gasteiger charge is 2.34. The van der Waals surface area contributed by atoms with Crippen LogP contribution in [0.3, 0.4) is 0 Å².